The van der Waals surface area contributed by atoms with Crippen LogP contribution >= 0.6 is 23.4 Å². The van der Waals surface area contributed by atoms with Gasteiger partial charge in [-0.25, -0.2) is 9.97 Å². The molecule has 3 aromatic carbocycles. The highest BCUT2D eigenvalue weighted by Crippen LogP contribution is 2.25. The van der Waals surface area contributed by atoms with Crippen LogP contribution in [0.3, 0.4) is 0 Å². The van der Waals surface area contributed by atoms with Gasteiger partial charge in [-0.15, -0.1) is 0 Å². The summed E-state index contributed by atoms with van der Waals surface area (Å²) in [7, 11) is 0. The van der Waals surface area contributed by atoms with Gasteiger partial charge in [-0.2, -0.15) is 0 Å². The normalized spacial score (nSPS) is 10.6. The molecule has 4 rings (SSSR count). The molecule has 4 aromatic rings. The summed E-state index contributed by atoms with van der Waals surface area (Å²) in [6, 6.07) is 21.3. The summed E-state index contributed by atoms with van der Waals surface area (Å²) >= 11 is 7.20. The number of rotatable bonds is 6. The van der Waals surface area contributed by atoms with E-state index in [0.717, 1.165) is 15.9 Å². The van der Waals surface area contributed by atoms with Gasteiger partial charge in [0.05, 0.1) is 22.5 Å². The lowest BCUT2D eigenvalue weighted by atomic mass is 10.1. The highest BCUT2D eigenvalue weighted by Gasteiger charge is 2.14. The van der Waals surface area contributed by atoms with Crippen LogP contribution in [0.5, 0.6) is 0 Å². The number of aromatic nitrogens is 2. The molecular formula is C23H17ClN4O2S. The molecular weight excluding hydrogens is 432 g/mol. The van der Waals surface area contributed by atoms with Crippen molar-refractivity contribution >= 4 is 57.5 Å². The number of nitrogens with zero attached hydrogens (tertiary/aromatic N) is 2. The fourth-order valence-corrected chi connectivity index (χ4v) is 3.85. The Kier molecular flexibility index (Phi) is 6.45. The summed E-state index contributed by atoms with van der Waals surface area (Å²) < 4.78 is 0. The van der Waals surface area contributed by atoms with Gasteiger partial charge in [0.15, 0.2) is 0 Å². The predicted octanol–water partition coefficient (Wildman–Crippen LogP) is 5.27. The fourth-order valence-electron chi connectivity index (χ4n) is 2.94. The van der Waals surface area contributed by atoms with E-state index in [1.54, 1.807) is 48.5 Å². The lowest BCUT2D eigenvalue weighted by Gasteiger charge is -2.12. The molecule has 154 valence electrons. The molecule has 0 spiro atoms. The smallest absolute Gasteiger partial charge is 0.257 e. The van der Waals surface area contributed by atoms with E-state index in [0.29, 0.717) is 22.0 Å². The minimum atomic E-state index is -0.326. The molecule has 0 aliphatic rings. The van der Waals surface area contributed by atoms with Crippen LogP contribution in [0, 0.1) is 0 Å². The summed E-state index contributed by atoms with van der Waals surface area (Å²) in [5.74, 6) is -0.416. The second kappa shape index (κ2) is 9.59. The Morgan fingerprint density at radius 2 is 1.61 bits per heavy atom. The van der Waals surface area contributed by atoms with Crippen molar-refractivity contribution in [1.82, 2.24) is 9.97 Å². The standard InChI is InChI=1S/C23H17ClN4O2S/c24-15-9-11-16(12-10-15)27-22(30)17-5-1-4-8-20(17)28-21(29)13-31-23-18-6-2-3-7-19(18)25-14-26-23/h1-12,14H,13H2,(H,27,30)(H,28,29). The molecule has 2 amide bonds. The van der Waals surface area contributed by atoms with Crippen molar-refractivity contribution in [3.63, 3.8) is 0 Å². The Hall–Kier alpha value is -3.42. The first kappa shape index (κ1) is 20.8. The van der Waals surface area contributed by atoms with Gasteiger partial charge >= 0.3 is 0 Å². The maximum absolute atomic E-state index is 12.7. The number of hydrogen-bond donors (Lipinski definition) is 2. The molecule has 2 N–H and O–H groups in total. The van der Waals surface area contributed by atoms with E-state index in [9.17, 15) is 9.59 Å². The van der Waals surface area contributed by atoms with Crippen molar-refractivity contribution in [3.8, 4) is 0 Å². The average molecular weight is 449 g/mol. The molecule has 0 aliphatic heterocycles. The minimum Gasteiger partial charge on any atom is -0.325 e. The SMILES string of the molecule is O=C(CSc1ncnc2ccccc12)Nc1ccccc1C(=O)Nc1ccc(Cl)cc1. The van der Waals surface area contributed by atoms with Crippen LogP contribution in [0.15, 0.2) is 84.1 Å². The number of carbonyl (C=O) groups is 2. The van der Waals surface area contributed by atoms with Crippen LogP contribution in [-0.4, -0.2) is 27.5 Å². The zero-order valence-corrected chi connectivity index (χ0v) is 17.8. The second-order valence-corrected chi connectivity index (χ2v) is 7.94. The minimum absolute atomic E-state index is 0.147. The first-order valence-corrected chi connectivity index (χ1v) is 10.7. The van der Waals surface area contributed by atoms with E-state index in [4.69, 9.17) is 11.6 Å². The third kappa shape index (κ3) is 5.20. The lowest BCUT2D eigenvalue weighted by Crippen LogP contribution is -2.19. The number of nitrogens with one attached hydrogen (secondary N) is 2. The predicted molar refractivity (Wildman–Crippen MR) is 125 cm³/mol. The van der Waals surface area contributed by atoms with Gasteiger partial charge < -0.3 is 10.6 Å². The second-order valence-electron chi connectivity index (χ2n) is 6.54. The first-order chi connectivity index (χ1) is 15.1. The Labute approximate surface area is 188 Å². The highest BCUT2D eigenvalue weighted by atomic mass is 35.5. The topological polar surface area (TPSA) is 84.0 Å². The number of para-hydroxylation sites is 2. The van der Waals surface area contributed by atoms with Crippen molar-refractivity contribution in [2.75, 3.05) is 16.4 Å². The van der Waals surface area contributed by atoms with Crippen LogP contribution in [-0.2, 0) is 4.79 Å². The number of anilines is 2. The number of fused-ring (bicyclic) bond motifs is 1. The van der Waals surface area contributed by atoms with Gasteiger partial charge in [-0.1, -0.05) is 53.7 Å². The van der Waals surface area contributed by atoms with Crippen molar-refractivity contribution in [2.45, 2.75) is 5.03 Å². The number of thioether (sulfide) groups is 1. The molecule has 0 aliphatic carbocycles. The third-order valence-corrected chi connectivity index (χ3v) is 5.65. The van der Waals surface area contributed by atoms with Gasteiger partial charge in [0.25, 0.3) is 5.91 Å². The van der Waals surface area contributed by atoms with Gasteiger partial charge in [0, 0.05) is 16.1 Å². The molecule has 8 heteroatoms. The van der Waals surface area contributed by atoms with Crippen molar-refractivity contribution in [1.29, 1.82) is 0 Å². The lowest BCUT2D eigenvalue weighted by molar-refractivity contribution is -0.113. The van der Waals surface area contributed by atoms with Gasteiger partial charge in [0.2, 0.25) is 5.91 Å². The summed E-state index contributed by atoms with van der Waals surface area (Å²) in [5.41, 5.74) is 2.24. The summed E-state index contributed by atoms with van der Waals surface area (Å²) in [6.07, 6.45) is 1.49. The number of benzene rings is 3. The van der Waals surface area contributed by atoms with E-state index >= 15 is 0 Å². The Balaban J connectivity index is 1.43. The Morgan fingerprint density at radius 1 is 0.871 bits per heavy atom. The zero-order valence-electron chi connectivity index (χ0n) is 16.2. The maximum atomic E-state index is 12.7. The summed E-state index contributed by atoms with van der Waals surface area (Å²) in [4.78, 5) is 33.8. The quantitative estimate of drug-likeness (QED) is 0.310. The van der Waals surface area contributed by atoms with Gasteiger partial charge in [0.1, 0.15) is 11.4 Å². The molecule has 0 radical (unpaired) electrons. The van der Waals surface area contributed by atoms with Crippen molar-refractivity contribution in [2.24, 2.45) is 0 Å². The summed E-state index contributed by atoms with van der Waals surface area (Å²) in [5, 5.41) is 7.83. The number of amides is 2. The number of hydrogen-bond acceptors (Lipinski definition) is 5. The van der Waals surface area contributed by atoms with Crippen LogP contribution < -0.4 is 10.6 Å². The van der Waals surface area contributed by atoms with Crippen LogP contribution in [0.25, 0.3) is 10.9 Å². The Morgan fingerprint density at radius 3 is 2.45 bits per heavy atom. The number of halogens is 1. The van der Waals surface area contributed by atoms with E-state index in [1.165, 1.54) is 18.1 Å². The molecule has 0 saturated carbocycles. The van der Waals surface area contributed by atoms with E-state index < -0.39 is 0 Å². The molecule has 0 saturated heterocycles. The fraction of sp³-hybridized carbons (Fsp3) is 0.0435. The molecule has 0 atom stereocenters. The van der Waals surface area contributed by atoms with Crippen molar-refractivity contribution < 1.29 is 9.59 Å². The third-order valence-electron chi connectivity index (χ3n) is 4.39. The molecule has 1 aromatic heterocycles. The molecule has 0 bridgehead atoms. The first-order valence-electron chi connectivity index (χ1n) is 9.38. The summed E-state index contributed by atoms with van der Waals surface area (Å²) in [6.45, 7) is 0. The molecule has 31 heavy (non-hydrogen) atoms. The molecule has 0 fully saturated rings. The van der Waals surface area contributed by atoms with Crippen LogP contribution in [0.4, 0.5) is 11.4 Å². The highest BCUT2D eigenvalue weighted by molar-refractivity contribution is 8.00. The molecule has 6 nitrogen and oxygen atoms in total. The van der Waals surface area contributed by atoms with Gasteiger partial charge in [-0.3, -0.25) is 9.59 Å². The van der Waals surface area contributed by atoms with E-state index in [2.05, 4.69) is 20.6 Å². The average Bonchev–Trinajstić information content (AvgIpc) is 2.79. The number of carbonyl (C=O) groups excluding carboxylic acids is 2. The van der Waals surface area contributed by atoms with Crippen LogP contribution in [0.1, 0.15) is 10.4 Å². The Bertz CT molecular complexity index is 1240. The van der Waals surface area contributed by atoms with Crippen LogP contribution in [0.2, 0.25) is 5.02 Å². The zero-order chi connectivity index (χ0) is 21.6. The van der Waals surface area contributed by atoms with Crippen molar-refractivity contribution in [3.05, 3.63) is 89.7 Å². The maximum Gasteiger partial charge on any atom is 0.257 e. The molecule has 0 unspecified atom stereocenters. The van der Waals surface area contributed by atoms with E-state index in [1.807, 2.05) is 24.3 Å². The van der Waals surface area contributed by atoms with Gasteiger partial charge in [-0.05, 0) is 42.5 Å². The molecule has 1 heterocycles. The van der Waals surface area contributed by atoms with E-state index in [-0.39, 0.29) is 17.6 Å². The largest absolute Gasteiger partial charge is 0.325 e. The monoisotopic (exact) mass is 448 g/mol.